The highest BCUT2D eigenvalue weighted by molar-refractivity contribution is 5.95. The summed E-state index contributed by atoms with van der Waals surface area (Å²) in [6.45, 7) is 2.30. The zero-order chi connectivity index (χ0) is 11.9. The van der Waals surface area contributed by atoms with E-state index in [0.29, 0.717) is 12.2 Å². The molecule has 2 rings (SSSR count). The van der Waals surface area contributed by atoms with Crippen molar-refractivity contribution < 1.29 is 4.79 Å². The van der Waals surface area contributed by atoms with Gasteiger partial charge in [-0.3, -0.25) is 4.79 Å². The molecule has 0 saturated carbocycles. The number of rotatable bonds is 5. The molecule has 1 aromatic rings. The lowest BCUT2D eigenvalue weighted by Gasteiger charge is -2.22. The Hall–Kier alpha value is -1.15. The third-order valence-corrected chi connectivity index (χ3v) is 3.57. The van der Waals surface area contributed by atoms with Crippen LogP contribution in [0.25, 0.3) is 0 Å². The van der Waals surface area contributed by atoms with Gasteiger partial charge in [-0.2, -0.15) is 0 Å². The van der Waals surface area contributed by atoms with Gasteiger partial charge in [0.05, 0.1) is 0 Å². The molecular weight excluding hydrogens is 210 g/mol. The molecule has 0 bridgehead atoms. The molecular formula is C15H21NO. The van der Waals surface area contributed by atoms with Crippen LogP contribution in [-0.2, 0) is 0 Å². The van der Waals surface area contributed by atoms with Crippen LogP contribution in [0.15, 0.2) is 30.3 Å². The van der Waals surface area contributed by atoms with Crippen molar-refractivity contribution >= 4 is 5.78 Å². The molecule has 1 N–H and O–H groups in total. The largest absolute Gasteiger partial charge is 0.317 e. The van der Waals surface area contributed by atoms with E-state index in [2.05, 4.69) is 5.32 Å². The van der Waals surface area contributed by atoms with Crippen molar-refractivity contribution in [2.45, 2.75) is 32.1 Å². The van der Waals surface area contributed by atoms with Gasteiger partial charge in [-0.25, -0.2) is 0 Å². The minimum absolute atomic E-state index is 0.291. The quantitative estimate of drug-likeness (QED) is 0.789. The van der Waals surface area contributed by atoms with E-state index in [1.54, 1.807) is 0 Å². The lowest BCUT2D eigenvalue weighted by Crippen LogP contribution is -2.27. The summed E-state index contributed by atoms with van der Waals surface area (Å²) in [6.07, 6.45) is 5.51. The highest BCUT2D eigenvalue weighted by atomic mass is 16.1. The van der Waals surface area contributed by atoms with Crippen LogP contribution in [-0.4, -0.2) is 18.9 Å². The van der Waals surface area contributed by atoms with E-state index in [1.807, 2.05) is 30.3 Å². The summed E-state index contributed by atoms with van der Waals surface area (Å²) in [4.78, 5) is 11.9. The maximum atomic E-state index is 11.9. The molecule has 0 aliphatic carbocycles. The van der Waals surface area contributed by atoms with Crippen LogP contribution in [0.3, 0.4) is 0 Å². The highest BCUT2D eigenvalue weighted by Gasteiger charge is 2.13. The minimum Gasteiger partial charge on any atom is -0.317 e. The Balaban J connectivity index is 1.69. The summed E-state index contributed by atoms with van der Waals surface area (Å²) in [5.74, 6) is 1.12. The van der Waals surface area contributed by atoms with Gasteiger partial charge in [-0.15, -0.1) is 0 Å². The van der Waals surface area contributed by atoms with Gasteiger partial charge < -0.3 is 5.32 Å². The molecule has 1 aliphatic rings. The number of benzene rings is 1. The van der Waals surface area contributed by atoms with E-state index in [1.165, 1.54) is 19.3 Å². The van der Waals surface area contributed by atoms with Gasteiger partial charge in [0.25, 0.3) is 0 Å². The van der Waals surface area contributed by atoms with Crippen LogP contribution in [0.4, 0.5) is 0 Å². The smallest absolute Gasteiger partial charge is 0.162 e. The second-order valence-electron chi connectivity index (χ2n) is 4.87. The average Bonchev–Trinajstić information content (AvgIpc) is 2.41. The van der Waals surface area contributed by atoms with E-state index >= 15 is 0 Å². The fourth-order valence-electron chi connectivity index (χ4n) is 2.49. The summed E-state index contributed by atoms with van der Waals surface area (Å²) >= 11 is 0. The number of ketones is 1. The predicted octanol–water partition coefficient (Wildman–Crippen LogP) is 3.04. The first kappa shape index (κ1) is 12.3. The Bertz CT molecular complexity index is 341. The van der Waals surface area contributed by atoms with Crippen molar-refractivity contribution in [2.75, 3.05) is 13.1 Å². The van der Waals surface area contributed by atoms with Gasteiger partial charge in [0.1, 0.15) is 0 Å². The molecule has 0 aromatic heterocycles. The molecule has 17 heavy (non-hydrogen) atoms. The molecule has 1 aliphatic heterocycles. The first-order valence-electron chi connectivity index (χ1n) is 6.65. The maximum absolute atomic E-state index is 11.9. The van der Waals surface area contributed by atoms with Crippen molar-refractivity contribution in [3.8, 4) is 0 Å². The van der Waals surface area contributed by atoms with Crippen LogP contribution >= 0.6 is 0 Å². The zero-order valence-electron chi connectivity index (χ0n) is 10.3. The van der Waals surface area contributed by atoms with E-state index < -0.39 is 0 Å². The SMILES string of the molecule is O=C(CCCC1CCNCC1)c1ccccc1. The molecule has 0 atom stereocenters. The maximum Gasteiger partial charge on any atom is 0.162 e. The standard InChI is InChI=1S/C15H21NO/c17-15(14-6-2-1-3-7-14)8-4-5-13-9-11-16-12-10-13/h1-3,6-7,13,16H,4-5,8-12H2. The van der Waals surface area contributed by atoms with E-state index in [0.717, 1.165) is 31.0 Å². The Labute approximate surface area is 103 Å². The second kappa shape index (κ2) is 6.55. The zero-order valence-corrected chi connectivity index (χ0v) is 10.3. The number of nitrogens with one attached hydrogen (secondary N) is 1. The van der Waals surface area contributed by atoms with Gasteiger partial charge in [-0.05, 0) is 44.7 Å². The van der Waals surface area contributed by atoms with Crippen LogP contribution < -0.4 is 5.32 Å². The van der Waals surface area contributed by atoms with Crippen LogP contribution in [0.2, 0.25) is 0 Å². The third-order valence-electron chi connectivity index (χ3n) is 3.57. The van der Waals surface area contributed by atoms with Gasteiger partial charge in [0.15, 0.2) is 5.78 Å². The number of carbonyl (C=O) groups excluding carboxylic acids is 1. The second-order valence-corrected chi connectivity index (χ2v) is 4.87. The lowest BCUT2D eigenvalue weighted by atomic mass is 9.91. The van der Waals surface area contributed by atoms with Gasteiger partial charge in [0, 0.05) is 12.0 Å². The summed E-state index contributed by atoms with van der Waals surface area (Å²) in [5.41, 5.74) is 0.859. The number of hydrogen-bond donors (Lipinski definition) is 1. The van der Waals surface area contributed by atoms with Crippen LogP contribution in [0.1, 0.15) is 42.5 Å². The molecule has 0 radical (unpaired) electrons. The highest BCUT2D eigenvalue weighted by Crippen LogP contribution is 2.19. The van der Waals surface area contributed by atoms with E-state index in [-0.39, 0.29) is 0 Å². The third kappa shape index (κ3) is 3.97. The minimum atomic E-state index is 0.291. The normalized spacial score (nSPS) is 16.9. The summed E-state index contributed by atoms with van der Waals surface area (Å²) in [5, 5.41) is 3.37. The van der Waals surface area contributed by atoms with Gasteiger partial charge >= 0.3 is 0 Å². The monoisotopic (exact) mass is 231 g/mol. The van der Waals surface area contributed by atoms with Gasteiger partial charge in [0.2, 0.25) is 0 Å². The number of hydrogen-bond acceptors (Lipinski definition) is 2. The van der Waals surface area contributed by atoms with Crippen molar-refractivity contribution in [2.24, 2.45) is 5.92 Å². The molecule has 1 saturated heterocycles. The molecule has 1 fully saturated rings. The molecule has 1 aromatic carbocycles. The van der Waals surface area contributed by atoms with E-state index in [9.17, 15) is 4.79 Å². The average molecular weight is 231 g/mol. The molecule has 0 unspecified atom stereocenters. The number of Topliss-reactive ketones (excluding diaryl/α,β-unsaturated/α-hetero) is 1. The molecule has 1 heterocycles. The Kier molecular flexibility index (Phi) is 4.75. The Morgan fingerprint density at radius 2 is 1.88 bits per heavy atom. The Morgan fingerprint density at radius 1 is 1.18 bits per heavy atom. The van der Waals surface area contributed by atoms with E-state index in [4.69, 9.17) is 0 Å². The topological polar surface area (TPSA) is 29.1 Å². The molecule has 92 valence electrons. The summed E-state index contributed by atoms with van der Waals surface area (Å²) in [7, 11) is 0. The number of carbonyl (C=O) groups is 1. The van der Waals surface area contributed by atoms with Crippen molar-refractivity contribution in [1.29, 1.82) is 0 Å². The number of piperidine rings is 1. The van der Waals surface area contributed by atoms with Crippen molar-refractivity contribution in [3.63, 3.8) is 0 Å². The van der Waals surface area contributed by atoms with Crippen molar-refractivity contribution in [1.82, 2.24) is 5.32 Å². The summed E-state index contributed by atoms with van der Waals surface area (Å²) < 4.78 is 0. The molecule has 0 spiro atoms. The summed E-state index contributed by atoms with van der Waals surface area (Å²) in [6, 6.07) is 9.63. The molecule has 2 nitrogen and oxygen atoms in total. The Morgan fingerprint density at radius 3 is 2.59 bits per heavy atom. The molecule has 2 heteroatoms. The van der Waals surface area contributed by atoms with Gasteiger partial charge in [-0.1, -0.05) is 30.3 Å². The fourth-order valence-corrected chi connectivity index (χ4v) is 2.49. The van der Waals surface area contributed by atoms with Crippen molar-refractivity contribution in [3.05, 3.63) is 35.9 Å². The predicted molar refractivity (Wildman–Crippen MR) is 70.2 cm³/mol. The molecule has 0 amide bonds. The fraction of sp³-hybridized carbons (Fsp3) is 0.533. The van der Waals surface area contributed by atoms with Crippen LogP contribution in [0, 0.1) is 5.92 Å². The first-order valence-corrected chi connectivity index (χ1v) is 6.65. The first-order chi connectivity index (χ1) is 8.36. The lowest BCUT2D eigenvalue weighted by molar-refractivity contribution is 0.0977. The van der Waals surface area contributed by atoms with Crippen LogP contribution in [0.5, 0.6) is 0 Å².